The van der Waals surface area contributed by atoms with Crippen molar-refractivity contribution >= 4 is 29.1 Å². The summed E-state index contributed by atoms with van der Waals surface area (Å²) >= 11 is 0. The molecule has 0 atom stereocenters. The first-order valence-corrected chi connectivity index (χ1v) is 12.9. The normalized spacial score (nSPS) is 13.4. The van der Waals surface area contributed by atoms with E-state index in [9.17, 15) is 9.59 Å². The number of rotatable bonds is 6. The number of piperazine rings is 1. The highest BCUT2D eigenvalue weighted by atomic mass is 16.4. The smallest absolute Gasteiger partial charge is 0.307 e. The Morgan fingerprint density at radius 2 is 1.57 bits per heavy atom. The summed E-state index contributed by atoms with van der Waals surface area (Å²) in [6.45, 7) is 13.8. The lowest BCUT2D eigenvalue weighted by molar-refractivity contribution is -0.136. The summed E-state index contributed by atoms with van der Waals surface area (Å²) < 4.78 is 0. The van der Waals surface area contributed by atoms with Crippen LogP contribution in [0, 0.1) is 0 Å². The van der Waals surface area contributed by atoms with Gasteiger partial charge in [-0.2, -0.15) is 0 Å². The maximum Gasteiger partial charge on any atom is 0.307 e. The lowest BCUT2D eigenvalue weighted by Gasteiger charge is -2.36. The van der Waals surface area contributed by atoms with E-state index in [1.54, 1.807) is 6.20 Å². The quantitative estimate of drug-likeness (QED) is 0.456. The molecule has 0 aliphatic carbocycles. The Kier molecular flexibility index (Phi) is 9.28. The Bertz CT molecular complexity index is 1180. The van der Waals surface area contributed by atoms with Crippen LogP contribution in [-0.4, -0.2) is 48.1 Å². The first-order chi connectivity index (χ1) is 17.7. The summed E-state index contributed by atoms with van der Waals surface area (Å²) in [4.78, 5) is 32.7. The maximum atomic E-state index is 12.7. The van der Waals surface area contributed by atoms with Gasteiger partial charge in [-0.3, -0.25) is 9.59 Å². The zero-order valence-electron chi connectivity index (χ0n) is 22.5. The van der Waals surface area contributed by atoms with Crippen molar-refractivity contribution in [1.29, 1.82) is 0 Å². The van der Waals surface area contributed by atoms with Crippen LogP contribution in [0.2, 0.25) is 0 Å². The second kappa shape index (κ2) is 12.4. The number of amides is 1. The van der Waals surface area contributed by atoms with Crippen molar-refractivity contribution in [2.24, 2.45) is 0 Å². The topological polar surface area (TPSA) is 85.8 Å². The molecule has 0 saturated carbocycles. The van der Waals surface area contributed by atoms with Crippen molar-refractivity contribution < 1.29 is 14.7 Å². The minimum Gasteiger partial charge on any atom is -0.481 e. The number of nitrogens with zero attached hydrogens (tertiary/aromatic N) is 3. The Balaban J connectivity index is 0.00000186. The van der Waals surface area contributed by atoms with E-state index in [0.717, 1.165) is 48.9 Å². The van der Waals surface area contributed by atoms with Gasteiger partial charge in [0.05, 0.1) is 12.0 Å². The van der Waals surface area contributed by atoms with E-state index in [0.29, 0.717) is 5.56 Å². The van der Waals surface area contributed by atoms with Gasteiger partial charge in [-0.15, -0.1) is 0 Å². The molecular formula is C30H38N4O3. The van der Waals surface area contributed by atoms with Crippen molar-refractivity contribution in [3.8, 4) is 0 Å². The number of carbonyl (C=O) groups excluding carboxylic acids is 1. The average molecular weight is 503 g/mol. The van der Waals surface area contributed by atoms with E-state index in [-0.39, 0.29) is 17.7 Å². The van der Waals surface area contributed by atoms with Gasteiger partial charge < -0.3 is 20.2 Å². The van der Waals surface area contributed by atoms with Gasteiger partial charge in [0, 0.05) is 43.8 Å². The van der Waals surface area contributed by atoms with Crippen LogP contribution in [0.15, 0.2) is 66.9 Å². The van der Waals surface area contributed by atoms with Crippen LogP contribution in [0.25, 0.3) is 0 Å². The van der Waals surface area contributed by atoms with Crippen molar-refractivity contribution in [3.63, 3.8) is 0 Å². The number of hydrogen-bond acceptors (Lipinski definition) is 5. The molecule has 196 valence electrons. The summed E-state index contributed by atoms with van der Waals surface area (Å²) in [6.07, 6.45) is 1.67. The van der Waals surface area contributed by atoms with E-state index < -0.39 is 5.97 Å². The van der Waals surface area contributed by atoms with Crippen molar-refractivity contribution in [2.45, 2.75) is 46.5 Å². The molecule has 7 nitrogen and oxygen atoms in total. The summed E-state index contributed by atoms with van der Waals surface area (Å²) in [7, 11) is 0. The molecule has 2 N–H and O–H groups in total. The van der Waals surface area contributed by atoms with E-state index in [1.807, 2.05) is 68.4 Å². The Hall–Kier alpha value is -3.87. The van der Waals surface area contributed by atoms with Gasteiger partial charge in [-0.1, -0.05) is 58.9 Å². The van der Waals surface area contributed by atoms with Crippen LogP contribution >= 0.6 is 0 Å². The first kappa shape index (κ1) is 27.7. The molecule has 7 heteroatoms. The standard InChI is InChI=1S/C28H32N4O3.C2H6/c1-28(2,3)22-5-4-6-23(18-22)30-27(35)21-9-12-25(29-19-21)32-15-13-31(14-16-32)24-10-7-20(8-11-24)17-26(33)34;1-2/h4-12,18-19H,13-17H2,1-3H3,(H,30,35)(H,33,34);1-2H3. The van der Waals surface area contributed by atoms with Crippen LogP contribution in [0.1, 0.15) is 56.1 Å². The lowest BCUT2D eigenvalue weighted by atomic mass is 9.87. The van der Waals surface area contributed by atoms with E-state index in [2.05, 4.69) is 46.9 Å². The molecule has 0 radical (unpaired) electrons. The fourth-order valence-corrected chi connectivity index (χ4v) is 4.17. The predicted octanol–water partition coefficient (Wildman–Crippen LogP) is 5.61. The average Bonchev–Trinajstić information content (AvgIpc) is 2.90. The number of pyridine rings is 1. The molecular weight excluding hydrogens is 464 g/mol. The number of aromatic nitrogens is 1. The van der Waals surface area contributed by atoms with Crippen LogP contribution in [-0.2, 0) is 16.6 Å². The molecule has 1 saturated heterocycles. The zero-order chi connectivity index (χ0) is 27.0. The fourth-order valence-electron chi connectivity index (χ4n) is 4.17. The molecule has 37 heavy (non-hydrogen) atoms. The third kappa shape index (κ3) is 7.56. The second-order valence-corrected chi connectivity index (χ2v) is 9.90. The Morgan fingerprint density at radius 1 is 0.919 bits per heavy atom. The summed E-state index contributed by atoms with van der Waals surface area (Å²) in [5, 5.41) is 11.9. The van der Waals surface area contributed by atoms with Crippen LogP contribution in [0.3, 0.4) is 0 Å². The van der Waals surface area contributed by atoms with E-state index >= 15 is 0 Å². The van der Waals surface area contributed by atoms with Gasteiger partial charge in [-0.25, -0.2) is 4.98 Å². The largest absolute Gasteiger partial charge is 0.481 e. The monoisotopic (exact) mass is 502 g/mol. The van der Waals surface area contributed by atoms with Crippen molar-refractivity contribution in [1.82, 2.24) is 4.98 Å². The molecule has 0 bridgehead atoms. The van der Waals surface area contributed by atoms with Crippen LogP contribution in [0.5, 0.6) is 0 Å². The number of aliphatic carboxylic acids is 1. The molecule has 3 aromatic rings. The van der Waals surface area contributed by atoms with Crippen LogP contribution < -0.4 is 15.1 Å². The van der Waals surface area contributed by atoms with E-state index in [1.165, 1.54) is 5.56 Å². The highest BCUT2D eigenvalue weighted by Gasteiger charge is 2.19. The molecule has 2 heterocycles. The molecule has 2 aromatic carbocycles. The summed E-state index contributed by atoms with van der Waals surface area (Å²) in [5.41, 5.74) is 4.37. The second-order valence-electron chi connectivity index (χ2n) is 9.90. The molecule has 1 aromatic heterocycles. The molecule has 0 spiro atoms. The number of nitrogens with one attached hydrogen (secondary N) is 1. The van der Waals surface area contributed by atoms with Crippen molar-refractivity contribution in [3.05, 3.63) is 83.6 Å². The highest BCUT2D eigenvalue weighted by Crippen LogP contribution is 2.25. The highest BCUT2D eigenvalue weighted by molar-refractivity contribution is 6.04. The number of carbonyl (C=O) groups is 2. The SMILES string of the molecule is CC.CC(C)(C)c1cccc(NC(=O)c2ccc(N3CCN(c4ccc(CC(=O)O)cc4)CC3)nc2)c1. The fraction of sp³-hybridized carbons (Fsp3) is 0.367. The molecule has 1 fully saturated rings. The van der Waals surface area contributed by atoms with Gasteiger partial charge in [-0.05, 0) is 52.9 Å². The van der Waals surface area contributed by atoms with Gasteiger partial charge >= 0.3 is 5.97 Å². The predicted molar refractivity (Wildman–Crippen MR) is 151 cm³/mol. The Morgan fingerprint density at radius 3 is 2.14 bits per heavy atom. The number of anilines is 3. The molecule has 1 amide bonds. The summed E-state index contributed by atoms with van der Waals surface area (Å²) in [6, 6.07) is 19.4. The third-order valence-corrected chi connectivity index (χ3v) is 6.26. The minimum atomic E-state index is -0.822. The first-order valence-electron chi connectivity index (χ1n) is 12.9. The molecule has 4 rings (SSSR count). The molecule has 1 aliphatic rings. The number of carboxylic acids is 1. The van der Waals surface area contributed by atoms with Gasteiger partial charge in [0.1, 0.15) is 5.82 Å². The number of carboxylic acid groups (broad SMARTS) is 1. The van der Waals surface area contributed by atoms with Gasteiger partial charge in [0.15, 0.2) is 0 Å². The van der Waals surface area contributed by atoms with Gasteiger partial charge in [0.2, 0.25) is 0 Å². The Labute approximate surface area is 220 Å². The summed E-state index contributed by atoms with van der Waals surface area (Å²) in [5.74, 6) is -0.142. The zero-order valence-corrected chi connectivity index (χ0v) is 22.5. The van der Waals surface area contributed by atoms with Crippen molar-refractivity contribution in [2.75, 3.05) is 41.3 Å². The number of hydrogen-bond donors (Lipinski definition) is 2. The molecule has 1 aliphatic heterocycles. The van der Waals surface area contributed by atoms with E-state index in [4.69, 9.17) is 5.11 Å². The number of benzene rings is 2. The lowest BCUT2D eigenvalue weighted by Crippen LogP contribution is -2.46. The molecule has 0 unspecified atom stereocenters. The third-order valence-electron chi connectivity index (χ3n) is 6.26. The van der Waals surface area contributed by atoms with Crippen LogP contribution in [0.4, 0.5) is 17.2 Å². The maximum absolute atomic E-state index is 12.7. The van der Waals surface area contributed by atoms with Gasteiger partial charge in [0.25, 0.3) is 5.91 Å². The minimum absolute atomic E-state index is 0.0117.